The van der Waals surface area contributed by atoms with E-state index in [4.69, 9.17) is 0 Å². The van der Waals surface area contributed by atoms with E-state index in [-0.39, 0.29) is 11.9 Å². The van der Waals surface area contributed by atoms with E-state index < -0.39 is 0 Å². The fraction of sp³-hybridized carbons (Fsp3) is 0.222. The number of carbonyl (C=O) groups is 1. The van der Waals surface area contributed by atoms with Crippen LogP contribution in [0.25, 0.3) is 10.2 Å². The summed E-state index contributed by atoms with van der Waals surface area (Å²) < 4.78 is 2.97. The molecule has 8 heteroatoms. The number of aromatic nitrogens is 5. The number of fused-ring (bicyclic) bond motifs is 1. The van der Waals surface area contributed by atoms with Crippen molar-refractivity contribution in [2.75, 3.05) is 0 Å². The summed E-state index contributed by atoms with van der Waals surface area (Å²) in [5.41, 5.74) is 2.93. The van der Waals surface area contributed by atoms with Crippen molar-refractivity contribution < 1.29 is 4.79 Å². The van der Waals surface area contributed by atoms with Crippen LogP contribution < -0.4 is 5.32 Å². The first-order valence-electron chi connectivity index (χ1n) is 8.29. The maximum atomic E-state index is 12.8. The maximum absolute atomic E-state index is 12.8. The van der Waals surface area contributed by atoms with E-state index in [1.807, 2.05) is 35.9 Å². The van der Waals surface area contributed by atoms with Crippen LogP contribution in [0.4, 0.5) is 0 Å². The van der Waals surface area contributed by atoms with Crippen molar-refractivity contribution in [3.05, 3.63) is 65.7 Å². The molecule has 0 aliphatic carbocycles. The number of H-pyrrole nitrogens is 1. The standard InChI is InChI=1S/C18H18N6OS/c1-12-3-2-4-15-16(12)23-18(26-15)17(25)22-14(7-13-8-20-10-21-13)9-24-6-5-19-11-24/h2-6,8,10-11,14H,7,9H2,1H3,(H,20,21)(H,22,25). The normalized spacial score (nSPS) is 12.3. The number of amides is 1. The monoisotopic (exact) mass is 366 g/mol. The molecule has 1 aromatic carbocycles. The molecule has 0 saturated carbocycles. The van der Waals surface area contributed by atoms with E-state index in [0.29, 0.717) is 18.0 Å². The second kappa shape index (κ2) is 7.09. The number of aryl methyl sites for hydroxylation is 1. The summed E-state index contributed by atoms with van der Waals surface area (Å²) in [6.45, 7) is 2.62. The van der Waals surface area contributed by atoms with Gasteiger partial charge in [-0.05, 0) is 18.6 Å². The summed E-state index contributed by atoms with van der Waals surface area (Å²) in [5, 5.41) is 3.58. The lowest BCUT2D eigenvalue weighted by Crippen LogP contribution is -2.39. The van der Waals surface area contributed by atoms with Gasteiger partial charge in [-0.15, -0.1) is 11.3 Å². The summed E-state index contributed by atoms with van der Waals surface area (Å²) in [4.78, 5) is 28.5. The minimum absolute atomic E-state index is 0.106. The molecule has 1 amide bonds. The highest BCUT2D eigenvalue weighted by Crippen LogP contribution is 2.24. The van der Waals surface area contributed by atoms with E-state index >= 15 is 0 Å². The molecule has 2 N–H and O–H groups in total. The first kappa shape index (κ1) is 16.5. The Morgan fingerprint density at radius 1 is 1.38 bits per heavy atom. The van der Waals surface area contributed by atoms with Gasteiger partial charge in [0, 0.05) is 37.3 Å². The van der Waals surface area contributed by atoms with Crippen molar-refractivity contribution in [3.63, 3.8) is 0 Å². The molecule has 7 nitrogen and oxygen atoms in total. The lowest BCUT2D eigenvalue weighted by atomic mass is 10.1. The largest absolute Gasteiger partial charge is 0.348 e. The fourth-order valence-electron chi connectivity index (χ4n) is 2.90. The van der Waals surface area contributed by atoms with E-state index in [0.717, 1.165) is 21.5 Å². The molecule has 0 aliphatic rings. The van der Waals surface area contributed by atoms with Crippen LogP contribution in [0.1, 0.15) is 21.1 Å². The number of aromatic amines is 1. The Labute approximate surface area is 154 Å². The third-order valence-corrected chi connectivity index (χ3v) is 5.18. The van der Waals surface area contributed by atoms with Crippen LogP contribution in [0.3, 0.4) is 0 Å². The van der Waals surface area contributed by atoms with Crippen LogP contribution in [0.5, 0.6) is 0 Å². The average molecular weight is 366 g/mol. The highest BCUT2D eigenvalue weighted by Gasteiger charge is 2.19. The van der Waals surface area contributed by atoms with Gasteiger partial charge in [0.2, 0.25) is 0 Å². The minimum Gasteiger partial charge on any atom is -0.348 e. The number of thiazole rings is 1. The molecule has 0 fully saturated rings. The number of nitrogens with one attached hydrogen (secondary N) is 2. The Morgan fingerprint density at radius 2 is 2.31 bits per heavy atom. The number of imidazole rings is 2. The molecular formula is C18H18N6OS. The number of carbonyl (C=O) groups excluding carboxylic acids is 1. The fourth-order valence-corrected chi connectivity index (χ4v) is 3.85. The predicted molar refractivity (Wildman–Crippen MR) is 100 cm³/mol. The molecule has 0 spiro atoms. The van der Waals surface area contributed by atoms with Gasteiger partial charge in [0.05, 0.1) is 28.9 Å². The Kier molecular flexibility index (Phi) is 4.49. The highest BCUT2D eigenvalue weighted by atomic mass is 32.1. The van der Waals surface area contributed by atoms with E-state index in [1.165, 1.54) is 11.3 Å². The zero-order valence-corrected chi connectivity index (χ0v) is 15.0. The smallest absolute Gasteiger partial charge is 0.280 e. The number of nitrogens with zero attached hydrogens (tertiary/aromatic N) is 4. The molecular weight excluding hydrogens is 348 g/mol. The van der Waals surface area contributed by atoms with Gasteiger partial charge in [-0.2, -0.15) is 0 Å². The topological polar surface area (TPSA) is 88.5 Å². The number of hydrogen-bond acceptors (Lipinski definition) is 5. The van der Waals surface area contributed by atoms with Crippen molar-refractivity contribution in [2.24, 2.45) is 0 Å². The second-order valence-electron chi connectivity index (χ2n) is 6.15. The molecule has 0 aliphatic heterocycles. The summed E-state index contributed by atoms with van der Waals surface area (Å²) in [6, 6.07) is 5.87. The highest BCUT2D eigenvalue weighted by molar-refractivity contribution is 7.20. The molecule has 4 rings (SSSR count). The van der Waals surface area contributed by atoms with E-state index in [9.17, 15) is 4.79 Å². The minimum atomic E-state index is -0.157. The van der Waals surface area contributed by atoms with Crippen LogP contribution in [0.15, 0.2) is 49.4 Å². The first-order valence-corrected chi connectivity index (χ1v) is 9.10. The molecule has 3 aromatic heterocycles. The van der Waals surface area contributed by atoms with Gasteiger partial charge in [-0.3, -0.25) is 4.79 Å². The van der Waals surface area contributed by atoms with Crippen LogP contribution in [-0.4, -0.2) is 36.5 Å². The molecule has 0 radical (unpaired) electrons. The van der Waals surface area contributed by atoms with Gasteiger partial charge < -0.3 is 14.9 Å². The third kappa shape index (κ3) is 3.50. The van der Waals surface area contributed by atoms with Crippen LogP contribution in [-0.2, 0) is 13.0 Å². The predicted octanol–water partition coefficient (Wildman–Crippen LogP) is 2.57. The quantitative estimate of drug-likeness (QED) is 0.549. The summed E-state index contributed by atoms with van der Waals surface area (Å²) >= 11 is 1.42. The number of hydrogen-bond donors (Lipinski definition) is 2. The van der Waals surface area contributed by atoms with Gasteiger partial charge in [0.15, 0.2) is 5.01 Å². The summed E-state index contributed by atoms with van der Waals surface area (Å²) in [5.74, 6) is -0.157. The lowest BCUT2D eigenvalue weighted by molar-refractivity contribution is 0.0932. The zero-order valence-electron chi connectivity index (χ0n) is 14.2. The number of para-hydroxylation sites is 1. The van der Waals surface area contributed by atoms with E-state index in [2.05, 4.69) is 25.3 Å². The number of rotatable bonds is 6. The van der Waals surface area contributed by atoms with Crippen molar-refractivity contribution in [1.29, 1.82) is 0 Å². The summed E-state index contributed by atoms with van der Waals surface area (Å²) in [7, 11) is 0. The molecule has 1 atom stereocenters. The van der Waals surface area contributed by atoms with Gasteiger partial charge >= 0.3 is 0 Å². The molecule has 1 unspecified atom stereocenters. The third-order valence-electron chi connectivity index (χ3n) is 4.16. The van der Waals surface area contributed by atoms with Crippen LogP contribution >= 0.6 is 11.3 Å². The Hall–Kier alpha value is -3.00. The Morgan fingerprint density at radius 3 is 3.04 bits per heavy atom. The lowest BCUT2D eigenvalue weighted by Gasteiger charge is -2.18. The van der Waals surface area contributed by atoms with Crippen molar-refractivity contribution >= 4 is 27.5 Å². The van der Waals surface area contributed by atoms with Crippen molar-refractivity contribution in [2.45, 2.75) is 25.9 Å². The molecule has 132 valence electrons. The Bertz CT molecular complexity index is 970. The molecule has 3 heterocycles. The van der Waals surface area contributed by atoms with Crippen LogP contribution in [0.2, 0.25) is 0 Å². The first-order chi connectivity index (χ1) is 12.7. The van der Waals surface area contributed by atoms with Gasteiger partial charge in [0.1, 0.15) is 0 Å². The summed E-state index contributed by atoms with van der Waals surface area (Å²) in [6.07, 6.45) is 9.41. The van der Waals surface area contributed by atoms with Crippen molar-refractivity contribution in [1.82, 2.24) is 29.8 Å². The molecule has 4 aromatic rings. The van der Waals surface area contributed by atoms with Gasteiger partial charge in [-0.1, -0.05) is 12.1 Å². The van der Waals surface area contributed by atoms with Crippen LogP contribution in [0, 0.1) is 6.92 Å². The molecule has 0 saturated heterocycles. The maximum Gasteiger partial charge on any atom is 0.280 e. The van der Waals surface area contributed by atoms with Gasteiger partial charge in [0.25, 0.3) is 5.91 Å². The molecule has 26 heavy (non-hydrogen) atoms. The second-order valence-corrected chi connectivity index (χ2v) is 7.18. The van der Waals surface area contributed by atoms with E-state index in [1.54, 1.807) is 25.0 Å². The SMILES string of the molecule is Cc1cccc2sc(C(=O)NC(Cc3cnc[nH]3)Cn3ccnc3)nc12. The zero-order chi connectivity index (χ0) is 17.9. The average Bonchev–Trinajstić information content (AvgIpc) is 3.36. The number of benzene rings is 1. The molecule has 0 bridgehead atoms. The Balaban J connectivity index is 1.54. The van der Waals surface area contributed by atoms with Gasteiger partial charge in [-0.25, -0.2) is 15.0 Å². The van der Waals surface area contributed by atoms with Crippen molar-refractivity contribution in [3.8, 4) is 0 Å².